The van der Waals surface area contributed by atoms with E-state index in [0.717, 1.165) is 0 Å². The molecule has 3 nitrogen and oxygen atoms in total. The van der Waals surface area contributed by atoms with E-state index in [-0.39, 0.29) is 0 Å². The summed E-state index contributed by atoms with van der Waals surface area (Å²) in [5.41, 5.74) is -3.12. The van der Waals surface area contributed by atoms with Crippen molar-refractivity contribution in [1.82, 2.24) is 0 Å². The average Bonchev–Trinajstić information content (AvgIpc) is 2.29. The van der Waals surface area contributed by atoms with Crippen LogP contribution in [-0.2, 0) is 11.5 Å². The van der Waals surface area contributed by atoms with E-state index < -0.39 is 52.8 Å². The Bertz CT molecular complexity index is 512. The Morgan fingerprint density at radius 3 is 1.82 bits per heavy atom. The first-order valence-corrected chi connectivity index (χ1v) is 4.01. The molecule has 8 heteroatoms. The highest BCUT2D eigenvalue weighted by atomic mass is 19.2. The molecule has 0 aliphatic rings. The lowest BCUT2D eigenvalue weighted by atomic mass is 10.0. The van der Waals surface area contributed by atoms with Gasteiger partial charge in [-0.3, -0.25) is 4.79 Å². The van der Waals surface area contributed by atoms with Gasteiger partial charge in [0, 0.05) is 5.56 Å². The molecule has 1 N–H and O–H groups in total. The first-order valence-electron chi connectivity index (χ1n) is 4.01. The normalized spacial score (nSPS) is 10.4. The molecular formula is C9H3F5O3. The summed E-state index contributed by atoms with van der Waals surface area (Å²) in [6, 6.07) is 0. The van der Waals surface area contributed by atoms with Crippen LogP contribution in [0.1, 0.15) is 15.9 Å². The Morgan fingerprint density at radius 1 is 0.941 bits per heavy atom. The number of carboxylic acid groups (broad SMARTS) is 1. The third-order valence-corrected chi connectivity index (χ3v) is 1.92. The van der Waals surface area contributed by atoms with E-state index >= 15 is 0 Å². The van der Waals surface area contributed by atoms with Crippen molar-refractivity contribution in [3.8, 4) is 0 Å². The van der Waals surface area contributed by atoms with Gasteiger partial charge in [0.2, 0.25) is 0 Å². The van der Waals surface area contributed by atoms with Crippen LogP contribution in [0, 0.1) is 23.3 Å². The lowest BCUT2D eigenvalue weighted by molar-refractivity contribution is -0.131. The summed E-state index contributed by atoms with van der Waals surface area (Å²) in [4.78, 5) is 21.1. The van der Waals surface area contributed by atoms with Crippen molar-refractivity contribution in [2.45, 2.75) is 6.67 Å². The number of rotatable bonds is 3. The highest BCUT2D eigenvalue weighted by Crippen LogP contribution is 2.25. The Balaban J connectivity index is 3.70. The fraction of sp³-hybridized carbons (Fsp3) is 0.111. The standard InChI is InChI=1S/C9H3F5O3/c10-1-2-3(8(15)9(16)17)5(12)7(14)6(13)4(2)11/h1H2,(H,16,17). The molecule has 0 unspecified atom stereocenters. The molecule has 1 rings (SSSR count). The number of ketones is 1. The maximum absolute atomic E-state index is 13.1. The lowest BCUT2D eigenvalue weighted by Crippen LogP contribution is -2.20. The molecule has 1 aromatic rings. The quantitative estimate of drug-likeness (QED) is 0.295. The smallest absolute Gasteiger partial charge is 0.377 e. The van der Waals surface area contributed by atoms with Crippen LogP contribution >= 0.6 is 0 Å². The summed E-state index contributed by atoms with van der Waals surface area (Å²) in [6.07, 6.45) is 0. The highest BCUT2D eigenvalue weighted by molar-refractivity contribution is 6.40. The number of halogens is 5. The Labute approximate surface area is 90.5 Å². The Hall–Kier alpha value is -1.99. The van der Waals surface area contributed by atoms with Crippen molar-refractivity contribution >= 4 is 11.8 Å². The van der Waals surface area contributed by atoms with Crippen LogP contribution in [0.3, 0.4) is 0 Å². The third kappa shape index (κ3) is 1.97. The van der Waals surface area contributed by atoms with E-state index in [9.17, 15) is 31.5 Å². The minimum atomic E-state index is -2.37. The minimum Gasteiger partial charge on any atom is -0.475 e. The first-order chi connectivity index (χ1) is 7.82. The number of carbonyl (C=O) groups is 2. The number of Topliss-reactive ketones (excluding diaryl/α,β-unsaturated/α-hetero) is 1. The molecule has 0 spiro atoms. The molecule has 0 aliphatic heterocycles. The van der Waals surface area contributed by atoms with Gasteiger partial charge >= 0.3 is 5.97 Å². The van der Waals surface area contributed by atoms with Gasteiger partial charge in [-0.2, -0.15) is 0 Å². The number of hydrogen-bond donors (Lipinski definition) is 1. The number of alkyl halides is 1. The Morgan fingerprint density at radius 2 is 1.41 bits per heavy atom. The van der Waals surface area contributed by atoms with E-state index in [1.807, 2.05) is 0 Å². The second kappa shape index (κ2) is 4.48. The van der Waals surface area contributed by atoms with Crippen LogP contribution in [0.25, 0.3) is 0 Å². The van der Waals surface area contributed by atoms with Crippen molar-refractivity contribution in [3.63, 3.8) is 0 Å². The van der Waals surface area contributed by atoms with Gasteiger partial charge in [0.1, 0.15) is 6.67 Å². The fourth-order valence-electron chi connectivity index (χ4n) is 1.15. The molecule has 0 saturated heterocycles. The molecular weight excluding hydrogens is 251 g/mol. The van der Waals surface area contributed by atoms with Crippen LogP contribution in [0.5, 0.6) is 0 Å². The second-order valence-electron chi connectivity index (χ2n) is 2.88. The zero-order valence-corrected chi connectivity index (χ0v) is 7.86. The van der Waals surface area contributed by atoms with Crippen molar-refractivity contribution in [2.24, 2.45) is 0 Å². The fourth-order valence-corrected chi connectivity index (χ4v) is 1.15. The molecule has 0 fully saturated rings. The zero-order chi connectivity index (χ0) is 13.3. The molecule has 0 atom stereocenters. The van der Waals surface area contributed by atoms with Gasteiger partial charge in [-0.05, 0) is 0 Å². The SMILES string of the molecule is O=C(O)C(=O)c1c(F)c(F)c(F)c(F)c1CF. The van der Waals surface area contributed by atoms with Crippen LogP contribution in [0.2, 0.25) is 0 Å². The number of carboxylic acids is 1. The monoisotopic (exact) mass is 254 g/mol. The number of benzene rings is 1. The van der Waals surface area contributed by atoms with Crippen LogP contribution in [0.4, 0.5) is 22.0 Å². The van der Waals surface area contributed by atoms with E-state index in [0.29, 0.717) is 0 Å². The van der Waals surface area contributed by atoms with Gasteiger partial charge in [0.15, 0.2) is 23.3 Å². The molecule has 0 bridgehead atoms. The first kappa shape index (κ1) is 13.1. The highest BCUT2D eigenvalue weighted by Gasteiger charge is 2.31. The molecule has 17 heavy (non-hydrogen) atoms. The topological polar surface area (TPSA) is 54.4 Å². The summed E-state index contributed by atoms with van der Waals surface area (Å²) in [6.45, 7) is -1.85. The number of aliphatic carboxylic acids is 1. The largest absolute Gasteiger partial charge is 0.475 e. The molecule has 0 heterocycles. The minimum absolute atomic E-state index is 1.46. The summed E-state index contributed by atoms with van der Waals surface area (Å²) in [5.74, 6) is -13.3. The van der Waals surface area contributed by atoms with Crippen molar-refractivity contribution < 1.29 is 36.6 Å². The maximum atomic E-state index is 13.1. The van der Waals surface area contributed by atoms with Gasteiger partial charge in [-0.25, -0.2) is 26.7 Å². The molecule has 92 valence electrons. The summed E-state index contributed by atoms with van der Waals surface area (Å²) < 4.78 is 63.8. The molecule has 0 saturated carbocycles. The zero-order valence-electron chi connectivity index (χ0n) is 7.86. The summed E-state index contributed by atoms with van der Waals surface area (Å²) >= 11 is 0. The molecule has 0 amide bonds. The number of carbonyl (C=O) groups excluding carboxylic acids is 1. The van der Waals surface area contributed by atoms with Gasteiger partial charge in [-0.15, -0.1) is 0 Å². The van der Waals surface area contributed by atoms with E-state index in [2.05, 4.69) is 0 Å². The van der Waals surface area contributed by atoms with E-state index in [4.69, 9.17) is 5.11 Å². The molecule has 0 aromatic heterocycles. The summed E-state index contributed by atoms with van der Waals surface area (Å²) in [5, 5.41) is 8.25. The maximum Gasteiger partial charge on any atom is 0.377 e. The molecule has 0 radical (unpaired) electrons. The third-order valence-electron chi connectivity index (χ3n) is 1.92. The predicted octanol–water partition coefficient (Wildman–Crippen LogP) is 1.98. The van der Waals surface area contributed by atoms with Gasteiger partial charge in [-0.1, -0.05) is 0 Å². The summed E-state index contributed by atoms with van der Waals surface area (Å²) in [7, 11) is 0. The van der Waals surface area contributed by atoms with Crippen LogP contribution in [0.15, 0.2) is 0 Å². The van der Waals surface area contributed by atoms with Crippen molar-refractivity contribution in [1.29, 1.82) is 0 Å². The second-order valence-corrected chi connectivity index (χ2v) is 2.88. The van der Waals surface area contributed by atoms with Gasteiger partial charge in [0.25, 0.3) is 5.78 Å². The Kier molecular flexibility index (Phi) is 3.45. The molecule has 1 aromatic carbocycles. The van der Waals surface area contributed by atoms with Crippen LogP contribution in [-0.4, -0.2) is 16.9 Å². The van der Waals surface area contributed by atoms with Gasteiger partial charge < -0.3 is 5.11 Å². The van der Waals surface area contributed by atoms with Crippen molar-refractivity contribution in [3.05, 3.63) is 34.4 Å². The number of hydrogen-bond acceptors (Lipinski definition) is 2. The van der Waals surface area contributed by atoms with Crippen LogP contribution < -0.4 is 0 Å². The van der Waals surface area contributed by atoms with Crippen molar-refractivity contribution in [2.75, 3.05) is 0 Å². The predicted molar refractivity (Wildman–Crippen MR) is 43.1 cm³/mol. The van der Waals surface area contributed by atoms with E-state index in [1.54, 1.807) is 0 Å². The molecule has 0 aliphatic carbocycles. The van der Waals surface area contributed by atoms with E-state index in [1.165, 1.54) is 0 Å². The van der Waals surface area contributed by atoms with Gasteiger partial charge in [0.05, 0.1) is 5.56 Å². The lowest BCUT2D eigenvalue weighted by Gasteiger charge is -2.08. The average molecular weight is 254 g/mol.